The Morgan fingerprint density at radius 2 is 2.10 bits per heavy atom. The van der Waals surface area contributed by atoms with Crippen molar-refractivity contribution in [2.45, 2.75) is 23.5 Å². The van der Waals surface area contributed by atoms with E-state index in [1.54, 1.807) is 13.2 Å². The summed E-state index contributed by atoms with van der Waals surface area (Å²) in [5, 5.41) is 8.68. The van der Waals surface area contributed by atoms with Gasteiger partial charge < -0.3 is 10.8 Å². The third kappa shape index (κ3) is 4.80. The molecule has 1 rings (SSSR count). The molecule has 0 spiro atoms. The van der Waals surface area contributed by atoms with Crippen molar-refractivity contribution in [3.05, 3.63) is 23.8 Å². The highest BCUT2D eigenvalue weighted by molar-refractivity contribution is 7.89. The van der Waals surface area contributed by atoms with Gasteiger partial charge >= 0.3 is 5.97 Å². The van der Waals surface area contributed by atoms with Gasteiger partial charge in [0.2, 0.25) is 10.0 Å². The molecule has 0 saturated heterocycles. The van der Waals surface area contributed by atoms with E-state index in [0.29, 0.717) is 6.42 Å². The molecule has 0 aliphatic rings. The van der Waals surface area contributed by atoms with Crippen molar-refractivity contribution in [1.82, 2.24) is 4.72 Å². The van der Waals surface area contributed by atoms with E-state index >= 15 is 0 Å². The van der Waals surface area contributed by atoms with Crippen LogP contribution in [0, 0.1) is 0 Å². The Morgan fingerprint density at radius 1 is 1.48 bits per heavy atom. The van der Waals surface area contributed by atoms with Gasteiger partial charge in [0.05, 0.1) is 11.3 Å². The number of rotatable bonds is 7. The molecular weight excluding hydrogens is 316 g/mol. The zero-order valence-electron chi connectivity index (χ0n) is 11.7. The Kier molecular flexibility index (Phi) is 5.87. The third-order valence-corrected chi connectivity index (χ3v) is 5.86. The first-order chi connectivity index (χ1) is 9.65. The highest BCUT2D eigenvalue weighted by atomic mass is 32.2. The Bertz CT molecular complexity index is 658. The van der Waals surface area contributed by atoms with Gasteiger partial charge in [-0.25, -0.2) is 17.9 Å². The van der Waals surface area contributed by atoms with Gasteiger partial charge in [0.15, 0.2) is 0 Å². The molecule has 2 atom stereocenters. The highest BCUT2D eigenvalue weighted by Crippen LogP contribution is 2.19. The van der Waals surface area contributed by atoms with E-state index in [2.05, 4.69) is 4.72 Å². The molecule has 0 saturated carbocycles. The van der Waals surface area contributed by atoms with Gasteiger partial charge in [-0.05, 0) is 24.6 Å². The number of carbonyl (C=O) groups is 1. The Labute approximate surface area is 126 Å². The second-order valence-corrected chi connectivity index (χ2v) is 8.09. The van der Waals surface area contributed by atoms with E-state index in [9.17, 15) is 17.4 Å². The lowest BCUT2D eigenvalue weighted by Gasteiger charge is -2.11. The predicted molar refractivity (Wildman–Crippen MR) is 81.1 cm³/mol. The summed E-state index contributed by atoms with van der Waals surface area (Å²) in [6.45, 7) is 1.89. The Morgan fingerprint density at radius 3 is 2.57 bits per heavy atom. The normalized spacial score (nSPS) is 14.6. The van der Waals surface area contributed by atoms with Crippen LogP contribution in [0.1, 0.15) is 23.7 Å². The molecule has 1 aromatic carbocycles. The zero-order chi connectivity index (χ0) is 16.2. The minimum atomic E-state index is -3.82. The Balaban J connectivity index is 2.84. The van der Waals surface area contributed by atoms with Crippen LogP contribution >= 0.6 is 0 Å². The van der Waals surface area contributed by atoms with Crippen LogP contribution in [0.4, 0.5) is 5.69 Å². The second kappa shape index (κ2) is 7.01. The van der Waals surface area contributed by atoms with Crippen molar-refractivity contribution in [3.8, 4) is 0 Å². The number of aromatic carboxylic acids is 1. The number of nitrogens with one attached hydrogen (secondary N) is 1. The van der Waals surface area contributed by atoms with Crippen LogP contribution in [0.15, 0.2) is 23.1 Å². The van der Waals surface area contributed by atoms with Gasteiger partial charge in [-0.1, -0.05) is 6.92 Å². The number of hydrogen-bond acceptors (Lipinski definition) is 5. The van der Waals surface area contributed by atoms with E-state index in [0.717, 1.165) is 12.1 Å². The number of hydrogen-bond donors (Lipinski definition) is 3. The first kappa shape index (κ1) is 17.6. The van der Waals surface area contributed by atoms with Crippen molar-refractivity contribution in [2.75, 3.05) is 18.5 Å². The van der Waals surface area contributed by atoms with Crippen LogP contribution < -0.4 is 10.5 Å². The molecule has 0 heterocycles. The average Bonchev–Trinajstić information content (AvgIpc) is 2.37. The molecule has 0 radical (unpaired) electrons. The molecule has 0 aliphatic heterocycles. The quantitative estimate of drug-likeness (QED) is 0.620. The molecule has 0 bridgehead atoms. The molecule has 0 amide bonds. The lowest BCUT2D eigenvalue weighted by atomic mass is 10.2. The van der Waals surface area contributed by atoms with Crippen LogP contribution in [-0.2, 0) is 20.8 Å². The minimum Gasteiger partial charge on any atom is -0.478 e. The molecule has 4 N–H and O–H groups in total. The number of carboxylic acid groups (broad SMARTS) is 1. The second-order valence-electron chi connectivity index (χ2n) is 4.55. The van der Waals surface area contributed by atoms with E-state index in [1.807, 2.05) is 0 Å². The SMILES string of the molecule is CC(CCNS(=O)(=O)c1ccc(C(=O)O)cc1N)S(C)=O. The Hall–Kier alpha value is -1.45. The van der Waals surface area contributed by atoms with E-state index in [4.69, 9.17) is 10.8 Å². The maximum atomic E-state index is 12.1. The van der Waals surface area contributed by atoms with Gasteiger partial charge in [0.25, 0.3) is 0 Å². The molecular formula is C12H18N2O5S2. The van der Waals surface area contributed by atoms with Crippen LogP contribution in [0.2, 0.25) is 0 Å². The van der Waals surface area contributed by atoms with Crippen molar-refractivity contribution in [2.24, 2.45) is 0 Å². The summed E-state index contributed by atoms with van der Waals surface area (Å²) in [6, 6.07) is 3.43. The van der Waals surface area contributed by atoms with Crippen LogP contribution in [0.5, 0.6) is 0 Å². The fourth-order valence-corrected chi connectivity index (χ4v) is 3.17. The van der Waals surface area contributed by atoms with Crippen molar-refractivity contribution in [3.63, 3.8) is 0 Å². The van der Waals surface area contributed by atoms with Crippen LogP contribution in [-0.4, -0.2) is 41.8 Å². The summed E-state index contributed by atoms with van der Waals surface area (Å²) < 4.78 is 37.7. The van der Waals surface area contributed by atoms with Gasteiger partial charge in [0, 0.05) is 28.9 Å². The lowest BCUT2D eigenvalue weighted by molar-refractivity contribution is 0.0697. The number of carboxylic acids is 1. The van der Waals surface area contributed by atoms with Gasteiger partial charge in [-0.3, -0.25) is 4.21 Å². The molecule has 118 valence electrons. The standard InChI is InChI=1S/C12H18N2O5S2/c1-8(20(2)17)5-6-14-21(18,19)11-4-3-9(12(15)16)7-10(11)13/h3-4,7-8,14H,5-6,13H2,1-2H3,(H,15,16). The van der Waals surface area contributed by atoms with E-state index in [-0.39, 0.29) is 27.9 Å². The molecule has 21 heavy (non-hydrogen) atoms. The summed E-state index contributed by atoms with van der Waals surface area (Å²) in [5.41, 5.74) is 5.38. The summed E-state index contributed by atoms with van der Waals surface area (Å²) in [6.07, 6.45) is 1.98. The lowest BCUT2D eigenvalue weighted by Crippen LogP contribution is -2.28. The van der Waals surface area contributed by atoms with E-state index < -0.39 is 26.8 Å². The molecule has 0 fully saturated rings. The number of benzene rings is 1. The summed E-state index contributed by atoms with van der Waals surface area (Å²) in [4.78, 5) is 10.6. The fourth-order valence-electron chi connectivity index (χ4n) is 1.57. The number of sulfonamides is 1. The first-order valence-corrected chi connectivity index (χ1v) is 9.20. The summed E-state index contributed by atoms with van der Waals surface area (Å²) >= 11 is 0. The third-order valence-electron chi connectivity index (χ3n) is 2.96. The van der Waals surface area contributed by atoms with Gasteiger partial charge in [0.1, 0.15) is 4.90 Å². The summed E-state index contributed by atoms with van der Waals surface area (Å²) in [7, 11) is -4.84. The predicted octanol–water partition coefficient (Wildman–Crippen LogP) is 0.402. The van der Waals surface area contributed by atoms with Crippen molar-refractivity contribution in [1.29, 1.82) is 0 Å². The molecule has 1 aromatic rings. The topological polar surface area (TPSA) is 127 Å². The van der Waals surface area contributed by atoms with Gasteiger partial charge in [-0.15, -0.1) is 0 Å². The molecule has 7 nitrogen and oxygen atoms in total. The maximum Gasteiger partial charge on any atom is 0.335 e. The average molecular weight is 334 g/mol. The van der Waals surface area contributed by atoms with Crippen molar-refractivity contribution >= 4 is 32.5 Å². The first-order valence-electron chi connectivity index (χ1n) is 6.10. The van der Waals surface area contributed by atoms with E-state index in [1.165, 1.54) is 6.07 Å². The van der Waals surface area contributed by atoms with Crippen LogP contribution in [0.25, 0.3) is 0 Å². The van der Waals surface area contributed by atoms with Gasteiger partial charge in [-0.2, -0.15) is 0 Å². The monoisotopic (exact) mass is 334 g/mol. The zero-order valence-corrected chi connectivity index (χ0v) is 13.3. The highest BCUT2D eigenvalue weighted by Gasteiger charge is 2.19. The molecule has 2 unspecified atom stereocenters. The molecule has 0 aromatic heterocycles. The summed E-state index contributed by atoms with van der Waals surface area (Å²) in [5.74, 6) is -1.18. The number of nitrogens with two attached hydrogens (primary N) is 1. The largest absolute Gasteiger partial charge is 0.478 e. The van der Waals surface area contributed by atoms with Crippen molar-refractivity contribution < 1.29 is 22.5 Å². The minimum absolute atomic E-state index is 0.0820. The smallest absolute Gasteiger partial charge is 0.335 e. The molecule has 9 heteroatoms. The maximum absolute atomic E-state index is 12.1. The van der Waals surface area contributed by atoms with Crippen LogP contribution in [0.3, 0.4) is 0 Å². The fraction of sp³-hybridized carbons (Fsp3) is 0.417. The number of nitrogen functional groups attached to an aromatic ring is 1. The molecule has 0 aliphatic carbocycles. The number of anilines is 1.